The number of carbonyl (C=O) groups excluding carboxylic acids is 1. The Kier molecular flexibility index (Phi) is 4.70. The number of amides is 1. The summed E-state index contributed by atoms with van der Waals surface area (Å²) in [5.41, 5.74) is 1.76. The predicted molar refractivity (Wildman–Crippen MR) is 94.1 cm³/mol. The zero-order chi connectivity index (χ0) is 18.7. The average molecular weight is 356 g/mol. The highest BCUT2D eigenvalue weighted by Crippen LogP contribution is 2.19. The Labute approximate surface area is 147 Å². The van der Waals surface area contributed by atoms with Crippen LogP contribution < -0.4 is 15.7 Å². The maximum Gasteiger partial charge on any atom is 0.323 e. The monoisotopic (exact) mass is 356 g/mol. The normalized spacial score (nSPS) is 11.9. The molecule has 0 aliphatic carbocycles. The Morgan fingerprint density at radius 1 is 1.23 bits per heavy atom. The minimum atomic E-state index is -0.531. The van der Waals surface area contributed by atoms with Gasteiger partial charge < -0.3 is 20.0 Å². The molecule has 1 unspecified atom stereocenters. The highest BCUT2D eigenvalue weighted by atomic mass is 16.6. The number of nitro groups is 1. The molecule has 0 aliphatic rings. The average Bonchev–Trinajstić information content (AvgIpc) is 2.99. The Morgan fingerprint density at radius 2 is 2.00 bits per heavy atom. The molecule has 3 rings (SSSR count). The summed E-state index contributed by atoms with van der Waals surface area (Å²) < 4.78 is 5.30. The summed E-state index contributed by atoms with van der Waals surface area (Å²) in [6, 6.07) is 10.7. The first-order valence-corrected chi connectivity index (χ1v) is 7.81. The van der Waals surface area contributed by atoms with Crippen LogP contribution >= 0.6 is 0 Å². The van der Waals surface area contributed by atoms with Crippen molar-refractivity contribution in [2.45, 2.75) is 13.0 Å². The molecule has 0 saturated heterocycles. The van der Waals surface area contributed by atoms with Crippen LogP contribution in [-0.4, -0.2) is 27.4 Å². The van der Waals surface area contributed by atoms with Crippen LogP contribution in [0, 0.1) is 10.1 Å². The van der Waals surface area contributed by atoms with Crippen molar-refractivity contribution in [1.29, 1.82) is 0 Å². The Balaban J connectivity index is 1.60. The van der Waals surface area contributed by atoms with Gasteiger partial charge in [-0.3, -0.25) is 14.9 Å². The maximum atomic E-state index is 12.1. The zero-order valence-corrected chi connectivity index (χ0v) is 13.8. The molecule has 26 heavy (non-hydrogen) atoms. The number of ether oxygens (including phenoxy) is 1. The molecule has 134 valence electrons. The summed E-state index contributed by atoms with van der Waals surface area (Å²) in [5.74, 6) is -0.125. The van der Waals surface area contributed by atoms with Crippen LogP contribution in [0.25, 0.3) is 11.0 Å². The number of aromatic amines is 2. The van der Waals surface area contributed by atoms with E-state index in [1.54, 1.807) is 31.2 Å². The van der Waals surface area contributed by atoms with Gasteiger partial charge in [0.25, 0.3) is 11.6 Å². The van der Waals surface area contributed by atoms with Gasteiger partial charge in [-0.1, -0.05) is 12.1 Å². The van der Waals surface area contributed by atoms with Gasteiger partial charge in [-0.2, -0.15) is 0 Å². The van der Waals surface area contributed by atoms with Crippen molar-refractivity contribution in [3.8, 4) is 5.75 Å². The van der Waals surface area contributed by atoms with E-state index in [4.69, 9.17) is 4.74 Å². The van der Waals surface area contributed by atoms with Crippen molar-refractivity contribution in [1.82, 2.24) is 15.3 Å². The molecule has 9 nitrogen and oxygen atoms in total. The molecule has 0 bridgehead atoms. The van der Waals surface area contributed by atoms with E-state index in [1.165, 1.54) is 18.2 Å². The molecule has 0 spiro atoms. The summed E-state index contributed by atoms with van der Waals surface area (Å²) in [6.45, 7) is 1.53. The van der Waals surface area contributed by atoms with Crippen LogP contribution in [0.4, 0.5) is 5.69 Å². The van der Waals surface area contributed by atoms with Gasteiger partial charge in [0.15, 0.2) is 6.61 Å². The van der Waals surface area contributed by atoms with E-state index in [2.05, 4.69) is 15.3 Å². The second-order valence-electron chi connectivity index (χ2n) is 5.72. The van der Waals surface area contributed by atoms with Crippen molar-refractivity contribution < 1.29 is 14.5 Å². The highest BCUT2D eigenvalue weighted by molar-refractivity contribution is 5.79. The minimum Gasteiger partial charge on any atom is -0.484 e. The van der Waals surface area contributed by atoms with E-state index in [0.29, 0.717) is 11.0 Å². The molecule has 3 aromatic rings. The fraction of sp³-hybridized carbons (Fsp3) is 0.176. The van der Waals surface area contributed by atoms with E-state index in [0.717, 1.165) is 5.56 Å². The van der Waals surface area contributed by atoms with E-state index >= 15 is 0 Å². The lowest BCUT2D eigenvalue weighted by atomic mass is 10.1. The Bertz CT molecular complexity index is 1020. The number of fused-ring (bicyclic) bond motifs is 1. The molecule has 1 amide bonds. The third-order valence-electron chi connectivity index (χ3n) is 3.82. The largest absolute Gasteiger partial charge is 0.484 e. The molecule has 0 radical (unpaired) electrons. The second kappa shape index (κ2) is 7.09. The van der Waals surface area contributed by atoms with Gasteiger partial charge in [-0.05, 0) is 30.7 Å². The fourth-order valence-corrected chi connectivity index (χ4v) is 2.52. The van der Waals surface area contributed by atoms with E-state index in [9.17, 15) is 19.7 Å². The molecule has 0 aliphatic heterocycles. The molecule has 0 fully saturated rings. The molecule has 1 heterocycles. The SMILES string of the molecule is CC(NC(=O)COc1cccc([N+](=O)[O-])c1)c1ccc2[nH]c(=O)[nH]c2c1. The molecule has 1 atom stereocenters. The van der Waals surface area contributed by atoms with Gasteiger partial charge in [0.1, 0.15) is 5.75 Å². The molecule has 3 N–H and O–H groups in total. The van der Waals surface area contributed by atoms with Crippen LogP contribution in [-0.2, 0) is 4.79 Å². The van der Waals surface area contributed by atoms with Crippen molar-refractivity contribution in [2.24, 2.45) is 0 Å². The maximum absolute atomic E-state index is 12.1. The lowest BCUT2D eigenvalue weighted by Gasteiger charge is -2.15. The van der Waals surface area contributed by atoms with Crippen molar-refractivity contribution in [3.05, 3.63) is 68.6 Å². The Morgan fingerprint density at radius 3 is 2.77 bits per heavy atom. The third kappa shape index (κ3) is 3.89. The Hall–Kier alpha value is -3.62. The molecular weight excluding hydrogens is 340 g/mol. The van der Waals surface area contributed by atoms with E-state index in [-0.39, 0.29) is 35.7 Å². The van der Waals surface area contributed by atoms with Crippen LogP contribution in [0.2, 0.25) is 0 Å². The number of hydrogen-bond acceptors (Lipinski definition) is 5. The number of nitro benzene ring substituents is 1. The lowest BCUT2D eigenvalue weighted by Crippen LogP contribution is -2.31. The summed E-state index contributed by atoms with van der Waals surface area (Å²) in [5, 5.41) is 13.5. The fourth-order valence-electron chi connectivity index (χ4n) is 2.52. The van der Waals surface area contributed by atoms with Crippen molar-refractivity contribution >= 4 is 22.6 Å². The standard InChI is InChI=1S/C17H16N4O5/c1-10(11-5-6-14-15(7-11)20-17(23)19-14)18-16(22)9-26-13-4-2-3-12(8-13)21(24)25/h2-8,10H,9H2,1H3,(H,18,22)(H2,19,20,23). The summed E-state index contributed by atoms with van der Waals surface area (Å²) in [7, 11) is 0. The molecule has 2 aromatic carbocycles. The number of rotatable bonds is 6. The smallest absolute Gasteiger partial charge is 0.323 e. The summed E-state index contributed by atoms with van der Waals surface area (Å²) in [6.07, 6.45) is 0. The van der Waals surface area contributed by atoms with Gasteiger partial charge in [0, 0.05) is 6.07 Å². The number of non-ortho nitro benzene ring substituents is 1. The van der Waals surface area contributed by atoms with Crippen molar-refractivity contribution in [2.75, 3.05) is 6.61 Å². The first kappa shape index (κ1) is 17.2. The molecule has 1 aromatic heterocycles. The van der Waals surface area contributed by atoms with E-state index < -0.39 is 4.92 Å². The van der Waals surface area contributed by atoms with E-state index in [1.807, 2.05) is 0 Å². The first-order chi connectivity index (χ1) is 12.4. The number of imidazole rings is 1. The van der Waals surface area contributed by atoms with Crippen LogP contribution in [0.3, 0.4) is 0 Å². The summed E-state index contributed by atoms with van der Waals surface area (Å²) in [4.78, 5) is 38.9. The lowest BCUT2D eigenvalue weighted by molar-refractivity contribution is -0.384. The van der Waals surface area contributed by atoms with Gasteiger partial charge in [0.2, 0.25) is 0 Å². The number of H-pyrrole nitrogens is 2. The molecule has 9 heteroatoms. The van der Waals surface area contributed by atoms with Crippen molar-refractivity contribution in [3.63, 3.8) is 0 Å². The summed E-state index contributed by atoms with van der Waals surface area (Å²) >= 11 is 0. The van der Waals surface area contributed by atoms with Crippen LogP contribution in [0.5, 0.6) is 5.75 Å². The minimum absolute atomic E-state index is 0.106. The highest BCUT2D eigenvalue weighted by Gasteiger charge is 2.12. The quantitative estimate of drug-likeness (QED) is 0.459. The number of hydrogen-bond donors (Lipinski definition) is 3. The zero-order valence-electron chi connectivity index (χ0n) is 13.8. The number of nitrogens with zero attached hydrogens (tertiary/aromatic N) is 1. The van der Waals surface area contributed by atoms with Gasteiger partial charge in [-0.25, -0.2) is 4.79 Å². The number of benzene rings is 2. The number of carbonyl (C=O) groups is 1. The van der Waals surface area contributed by atoms with Gasteiger partial charge >= 0.3 is 5.69 Å². The molecular formula is C17H16N4O5. The number of nitrogens with one attached hydrogen (secondary N) is 3. The second-order valence-corrected chi connectivity index (χ2v) is 5.72. The third-order valence-corrected chi connectivity index (χ3v) is 3.82. The molecule has 0 saturated carbocycles. The van der Waals surface area contributed by atoms with Gasteiger partial charge in [0.05, 0.1) is 28.1 Å². The predicted octanol–water partition coefficient (Wildman–Crippen LogP) is 2.02. The first-order valence-electron chi connectivity index (χ1n) is 7.81. The van der Waals surface area contributed by atoms with Crippen LogP contribution in [0.15, 0.2) is 47.3 Å². The number of aromatic nitrogens is 2. The topological polar surface area (TPSA) is 130 Å². The van der Waals surface area contributed by atoms with Gasteiger partial charge in [-0.15, -0.1) is 0 Å². The van der Waals surface area contributed by atoms with Crippen LogP contribution in [0.1, 0.15) is 18.5 Å².